The molecular weight excluding hydrogens is 254 g/mol. The van der Waals surface area contributed by atoms with E-state index in [9.17, 15) is 4.79 Å². The number of hydrogen-bond donors (Lipinski definition) is 0. The first-order valence-corrected chi connectivity index (χ1v) is 6.58. The zero-order valence-corrected chi connectivity index (χ0v) is 11.2. The molecule has 0 unspecified atom stereocenters. The first-order chi connectivity index (χ1) is 9.78. The predicted octanol–water partition coefficient (Wildman–Crippen LogP) is 2.86. The van der Waals surface area contributed by atoms with Gasteiger partial charge in [-0.2, -0.15) is 0 Å². The molecule has 1 heterocycles. The number of methoxy groups -OCH3 is 1. The molecule has 2 aromatic rings. The summed E-state index contributed by atoms with van der Waals surface area (Å²) in [4.78, 5) is 16.5. The number of carbonyl (C=O) groups excluding carboxylic acids is 1. The minimum Gasteiger partial charge on any atom is -0.490 e. The van der Waals surface area contributed by atoms with Crippen LogP contribution in [0.25, 0.3) is 0 Å². The monoisotopic (exact) mass is 269 g/mol. The number of nitrogens with zero attached hydrogens (tertiary/aromatic N) is 1. The lowest BCUT2D eigenvalue weighted by Gasteiger charge is -2.07. The number of rotatable bonds is 5. The van der Waals surface area contributed by atoms with Crippen molar-refractivity contribution in [2.45, 2.75) is 18.9 Å². The zero-order chi connectivity index (χ0) is 13.9. The van der Waals surface area contributed by atoms with Crippen LogP contribution in [-0.2, 0) is 0 Å². The van der Waals surface area contributed by atoms with E-state index >= 15 is 0 Å². The third-order valence-electron chi connectivity index (χ3n) is 3.15. The van der Waals surface area contributed by atoms with E-state index in [-0.39, 0.29) is 5.78 Å². The molecule has 4 nitrogen and oxygen atoms in total. The van der Waals surface area contributed by atoms with Crippen LogP contribution in [0.15, 0.2) is 42.6 Å². The summed E-state index contributed by atoms with van der Waals surface area (Å²) in [5.41, 5.74) is 1.06. The third kappa shape index (κ3) is 2.64. The fourth-order valence-electron chi connectivity index (χ4n) is 1.95. The molecule has 1 aliphatic carbocycles. The van der Waals surface area contributed by atoms with Gasteiger partial charge in [-0.1, -0.05) is 0 Å². The van der Waals surface area contributed by atoms with Gasteiger partial charge in [0.05, 0.1) is 18.8 Å². The van der Waals surface area contributed by atoms with Crippen molar-refractivity contribution in [3.05, 3.63) is 53.7 Å². The molecule has 3 rings (SSSR count). The first kappa shape index (κ1) is 12.7. The van der Waals surface area contributed by atoms with E-state index < -0.39 is 0 Å². The quantitative estimate of drug-likeness (QED) is 0.783. The highest BCUT2D eigenvalue weighted by Crippen LogP contribution is 2.27. The zero-order valence-electron chi connectivity index (χ0n) is 11.2. The van der Waals surface area contributed by atoms with Gasteiger partial charge in [0.25, 0.3) is 0 Å². The Morgan fingerprint density at radius 2 is 1.95 bits per heavy atom. The van der Waals surface area contributed by atoms with Crippen molar-refractivity contribution >= 4 is 5.78 Å². The Kier molecular flexibility index (Phi) is 3.37. The minimum absolute atomic E-state index is 0.104. The maximum absolute atomic E-state index is 12.4. The molecule has 1 saturated carbocycles. The largest absolute Gasteiger partial charge is 0.490 e. The van der Waals surface area contributed by atoms with Gasteiger partial charge in [-0.3, -0.25) is 4.79 Å². The van der Waals surface area contributed by atoms with Gasteiger partial charge < -0.3 is 9.47 Å². The van der Waals surface area contributed by atoms with Crippen molar-refractivity contribution in [3.63, 3.8) is 0 Å². The molecule has 102 valence electrons. The number of aromatic nitrogens is 1. The van der Waals surface area contributed by atoms with Gasteiger partial charge >= 0.3 is 0 Å². The van der Waals surface area contributed by atoms with Crippen molar-refractivity contribution in [3.8, 4) is 11.6 Å². The molecule has 1 aliphatic rings. The molecule has 1 fully saturated rings. The molecule has 0 bridgehead atoms. The SMILES string of the molecule is COc1ncccc1C(=O)c1ccc(OC2CC2)cc1. The van der Waals surface area contributed by atoms with Crippen LogP contribution in [0.3, 0.4) is 0 Å². The van der Waals surface area contributed by atoms with E-state index in [1.165, 1.54) is 7.11 Å². The van der Waals surface area contributed by atoms with Crippen LogP contribution in [0.5, 0.6) is 11.6 Å². The fourth-order valence-corrected chi connectivity index (χ4v) is 1.95. The highest BCUT2D eigenvalue weighted by molar-refractivity contribution is 6.10. The fraction of sp³-hybridized carbons (Fsp3) is 0.250. The second kappa shape index (κ2) is 5.33. The van der Waals surface area contributed by atoms with E-state index in [1.807, 2.05) is 12.1 Å². The number of pyridine rings is 1. The van der Waals surface area contributed by atoms with Crippen molar-refractivity contribution in [2.75, 3.05) is 7.11 Å². The number of hydrogen-bond acceptors (Lipinski definition) is 4. The lowest BCUT2D eigenvalue weighted by molar-refractivity contribution is 0.103. The summed E-state index contributed by atoms with van der Waals surface area (Å²) in [7, 11) is 1.51. The van der Waals surface area contributed by atoms with Crippen LogP contribution in [0.1, 0.15) is 28.8 Å². The molecular formula is C16H15NO3. The highest BCUT2D eigenvalue weighted by atomic mass is 16.5. The lowest BCUT2D eigenvalue weighted by Crippen LogP contribution is -2.05. The maximum Gasteiger partial charge on any atom is 0.224 e. The summed E-state index contributed by atoms with van der Waals surface area (Å²) in [6.07, 6.45) is 4.19. The molecule has 0 spiro atoms. The predicted molar refractivity (Wildman–Crippen MR) is 74.3 cm³/mol. The molecule has 0 N–H and O–H groups in total. The van der Waals surface area contributed by atoms with Crippen molar-refractivity contribution in [1.29, 1.82) is 0 Å². The van der Waals surface area contributed by atoms with E-state index in [1.54, 1.807) is 30.5 Å². The van der Waals surface area contributed by atoms with E-state index in [0.717, 1.165) is 18.6 Å². The Morgan fingerprint density at radius 3 is 2.60 bits per heavy atom. The van der Waals surface area contributed by atoms with Crippen LogP contribution in [-0.4, -0.2) is 24.0 Å². The van der Waals surface area contributed by atoms with Crippen molar-refractivity contribution in [2.24, 2.45) is 0 Å². The van der Waals surface area contributed by atoms with Gasteiger partial charge in [0.2, 0.25) is 5.88 Å². The average molecular weight is 269 g/mol. The highest BCUT2D eigenvalue weighted by Gasteiger charge is 2.23. The molecule has 20 heavy (non-hydrogen) atoms. The number of benzene rings is 1. The molecule has 4 heteroatoms. The van der Waals surface area contributed by atoms with Crippen LogP contribution in [0.2, 0.25) is 0 Å². The van der Waals surface area contributed by atoms with Gasteiger partial charge in [-0.15, -0.1) is 0 Å². The molecule has 1 aromatic carbocycles. The molecule has 1 aromatic heterocycles. The lowest BCUT2D eigenvalue weighted by atomic mass is 10.0. The van der Waals surface area contributed by atoms with Gasteiger partial charge in [0.15, 0.2) is 5.78 Å². The Morgan fingerprint density at radius 1 is 1.20 bits per heavy atom. The van der Waals surface area contributed by atoms with E-state index in [2.05, 4.69) is 4.98 Å². The summed E-state index contributed by atoms with van der Waals surface area (Å²) in [5.74, 6) is 1.05. The molecule has 0 amide bonds. The summed E-state index contributed by atoms with van der Waals surface area (Å²) < 4.78 is 10.8. The Balaban J connectivity index is 1.82. The van der Waals surface area contributed by atoms with Crippen LogP contribution in [0, 0.1) is 0 Å². The Bertz CT molecular complexity index is 618. The van der Waals surface area contributed by atoms with Crippen LogP contribution >= 0.6 is 0 Å². The van der Waals surface area contributed by atoms with E-state index in [0.29, 0.717) is 23.1 Å². The molecule has 0 radical (unpaired) electrons. The van der Waals surface area contributed by atoms with Crippen LogP contribution in [0.4, 0.5) is 0 Å². The summed E-state index contributed by atoms with van der Waals surface area (Å²) >= 11 is 0. The second-order valence-electron chi connectivity index (χ2n) is 4.73. The topological polar surface area (TPSA) is 48.4 Å². The molecule has 0 saturated heterocycles. The van der Waals surface area contributed by atoms with Crippen molar-refractivity contribution < 1.29 is 14.3 Å². The van der Waals surface area contributed by atoms with Gasteiger partial charge in [0.1, 0.15) is 5.75 Å². The second-order valence-corrected chi connectivity index (χ2v) is 4.73. The van der Waals surface area contributed by atoms with E-state index in [4.69, 9.17) is 9.47 Å². The van der Waals surface area contributed by atoms with Gasteiger partial charge in [-0.25, -0.2) is 4.98 Å². The third-order valence-corrected chi connectivity index (χ3v) is 3.15. The van der Waals surface area contributed by atoms with Gasteiger partial charge in [0, 0.05) is 11.8 Å². The minimum atomic E-state index is -0.104. The number of ketones is 1. The smallest absolute Gasteiger partial charge is 0.224 e. The summed E-state index contributed by atoms with van der Waals surface area (Å²) in [5, 5.41) is 0. The first-order valence-electron chi connectivity index (χ1n) is 6.58. The van der Waals surface area contributed by atoms with Crippen LogP contribution < -0.4 is 9.47 Å². The molecule has 0 aliphatic heterocycles. The summed E-state index contributed by atoms with van der Waals surface area (Å²) in [6.45, 7) is 0. The number of carbonyl (C=O) groups is 1. The summed E-state index contributed by atoms with van der Waals surface area (Å²) in [6, 6.07) is 10.6. The Hall–Kier alpha value is -2.36. The van der Waals surface area contributed by atoms with Crippen molar-refractivity contribution in [1.82, 2.24) is 4.98 Å². The normalized spacial score (nSPS) is 13.8. The number of ether oxygens (including phenoxy) is 2. The maximum atomic E-state index is 12.4. The average Bonchev–Trinajstić information content (AvgIpc) is 3.31. The Labute approximate surface area is 117 Å². The van der Waals surface area contributed by atoms with Gasteiger partial charge in [-0.05, 0) is 49.2 Å². The molecule has 0 atom stereocenters. The standard InChI is InChI=1S/C16H15NO3/c1-19-16-14(3-2-10-17-16)15(18)11-4-6-12(7-5-11)20-13-8-9-13/h2-7,10,13H,8-9H2,1H3.